The van der Waals surface area contributed by atoms with E-state index in [2.05, 4.69) is 10.4 Å². The van der Waals surface area contributed by atoms with Crippen molar-refractivity contribution in [3.05, 3.63) is 47.5 Å². The van der Waals surface area contributed by atoms with Crippen molar-refractivity contribution in [1.82, 2.24) is 15.1 Å². The molecule has 1 saturated carbocycles. The topological polar surface area (TPSA) is 29.9 Å². The molecule has 0 unspecified atom stereocenters. The lowest BCUT2D eigenvalue weighted by molar-refractivity contribution is 0.616. The summed E-state index contributed by atoms with van der Waals surface area (Å²) in [6, 6.07) is 7.60. The third kappa shape index (κ3) is 2.59. The first-order valence-electron chi connectivity index (χ1n) is 6.26. The molecule has 3 rings (SSSR count). The Morgan fingerprint density at radius 1 is 1.39 bits per heavy atom. The molecular formula is C14H16FN3. The number of aromatic nitrogens is 2. The van der Waals surface area contributed by atoms with Crippen LogP contribution in [0, 0.1) is 12.7 Å². The van der Waals surface area contributed by atoms with Crippen LogP contribution in [0.5, 0.6) is 0 Å². The van der Waals surface area contributed by atoms with Crippen molar-refractivity contribution < 1.29 is 4.39 Å². The highest BCUT2D eigenvalue weighted by Crippen LogP contribution is 2.20. The third-order valence-corrected chi connectivity index (χ3v) is 3.10. The van der Waals surface area contributed by atoms with Crippen molar-refractivity contribution in [2.45, 2.75) is 32.4 Å². The fraction of sp³-hybridized carbons (Fsp3) is 0.357. The Kier molecular flexibility index (Phi) is 2.88. The molecule has 3 nitrogen and oxygen atoms in total. The van der Waals surface area contributed by atoms with E-state index in [0.717, 1.165) is 23.5 Å². The molecule has 94 valence electrons. The van der Waals surface area contributed by atoms with Crippen LogP contribution < -0.4 is 5.32 Å². The van der Waals surface area contributed by atoms with Gasteiger partial charge in [-0.1, -0.05) is 0 Å². The predicted molar refractivity (Wildman–Crippen MR) is 68.1 cm³/mol. The average molecular weight is 245 g/mol. The minimum atomic E-state index is -0.215. The van der Waals surface area contributed by atoms with Gasteiger partial charge >= 0.3 is 0 Å². The number of hydrogen-bond donors (Lipinski definition) is 1. The molecule has 0 aliphatic heterocycles. The smallest absolute Gasteiger partial charge is 0.125 e. The normalized spacial score (nSPS) is 15.0. The zero-order valence-corrected chi connectivity index (χ0v) is 10.4. The summed E-state index contributed by atoms with van der Waals surface area (Å²) in [6.45, 7) is 2.64. The second-order valence-electron chi connectivity index (χ2n) is 4.87. The number of nitrogens with zero attached hydrogens (tertiary/aromatic N) is 2. The molecule has 1 aliphatic carbocycles. The van der Waals surface area contributed by atoms with Gasteiger partial charge in [-0.15, -0.1) is 0 Å². The summed E-state index contributed by atoms with van der Waals surface area (Å²) in [5.41, 5.74) is 2.66. The van der Waals surface area contributed by atoms with Crippen LogP contribution in [0.1, 0.15) is 24.1 Å². The second-order valence-corrected chi connectivity index (χ2v) is 4.87. The first kappa shape index (κ1) is 11.4. The van der Waals surface area contributed by atoms with Crippen molar-refractivity contribution in [3.8, 4) is 5.69 Å². The zero-order chi connectivity index (χ0) is 12.5. The fourth-order valence-electron chi connectivity index (χ4n) is 1.98. The van der Waals surface area contributed by atoms with Gasteiger partial charge in [-0.2, -0.15) is 5.10 Å². The fourth-order valence-corrected chi connectivity index (χ4v) is 1.98. The highest BCUT2D eigenvalue weighted by Gasteiger charge is 2.20. The van der Waals surface area contributed by atoms with E-state index in [1.807, 2.05) is 25.3 Å². The largest absolute Gasteiger partial charge is 0.310 e. The Morgan fingerprint density at radius 2 is 2.22 bits per heavy atom. The first-order chi connectivity index (χ1) is 8.70. The monoisotopic (exact) mass is 245 g/mol. The van der Waals surface area contributed by atoms with Gasteiger partial charge in [-0.05, 0) is 49.6 Å². The SMILES string of the molecule is Cc1ccn(-c2cc(F)cc(CNC3CC3)c2)n1. The van der Waals surface area contributed by atoms with Gasteiger partial charge in [0.25, 0.3) is 0 Å². The van der Waals surface area contributed by atoms with Crippen molar-refractivity contribution in [3.63, 3.8) is 0 Å². The molecule has 1 aliphatic rings. The third-order valence-electron chi connectivity index (χ3n) is 3.10. The van der Waals surface area contributed by atoms with Crippen molar-refractivity contribution in [2.75, 3.05) is 0 Å². The van der Waals surface area contributed by atoms with Crippen LogP contribution in [0.2, 0.25) is 0 Å². The lowest BCUT2D eigenvalue weighted by atomic mass is 10.2. The van der Waals surface area contributed by atoms with Crippen LogP contribution in [0.3, 0.4) is 0 Å². The molecule has 4 heteroatoms. The Bertz CT molecular complexity index is 558. The number of benzene rings is 1. The Labute approximate surface area is 106 Å². The Morgan fingerprint density at radius 3 is 2.89 bits per heavy atom. The molecule has 1 aromatic heterocycles. The number of aryl methyl sites for hydroxylation is 1. The lowest BCUT2D eigenvalue weighted by Crippen LogP contribution is -2.15. The highest BCUT2D eigenvalue weighted by molar-refractivity contribution is 5.36. The zero-order valence-electron chi connectivity index (χ0n) is 10.4. The average Bonchev–Trinajstić information content (AvgIpc) is 3.07. The molecule has 0 bridgehead atoms. The van der Waals surface area contributed by atoms with Gasteiger partial charge in [0.1, 0.15) is 5.82 Å². The molecule has 1 N–H and O–H groups in total. The maximum Gasteiger partial charge on any atom is 0.125 e. The molecule has 1 aromatic carbocycles. The standard InChI is InChI=1S/C14H16FN3/c1-10-4-5-18(17-10)14-7-11(6-12(15)8-14)9-16-13-2-3-13/h4-8,13,16H,2-3,9H2,1H3. The molecule has 0 atom stereocenters. The molecule has 2 aromatic rings. The molecular weight excluding hydrogens is 229 g/mol. The summed E-state index contributed by atoms with van der Waals surface area (Å²) in [5.74, 6) is -0.215. The van der Waals surface area contributed by atoms with Gasteiger partial charge < -0.3 is 5.32 Å². The first-order valence-corrected chi connectivity index (χ1v) is 6.26. The maximum atomic E-state index is 13.6. The molecule has 1 fully saturated rings. The summed E-state index contributed by atoms with van der Waals surface area (Å²) in [7, 11) is 0. The van der Waals surface area contributed by atoms with E-state index in [4.69, 9.17) is 0 Å². The summed E-state index contributed by atoms with van der Waals surface area (Å²) in [6.07, 6.45) is 4.32. The van der Waals surface area contributed by atoms with Gasteiger partial charge in [0.05, 0.1) is 11.4 Å². The number of rotatable bonds is 4. The van der Waals surface area contributed by atoms with Crippen LogP contribution in [0.15, 0.2) is 30.5 Å². The van der Waals surface area contributed by atoms with Crippen LogP contribution >= 0.6 is 0 Å². The summed E-state index contributed by atoms with van der Waals surface area (Å²) < 4.78 is 15.3. The van der Waals surface area contributed by atoms with Crippen LogP contribution in [-0.2, 0) is 6.54 Å². The van der Waals surface area contributed by atoms with E-state index in [-0.39, 0.29) is 5.82 Å². The Hall–Kier alpha value is -1.68. The number of hydrogen-bond acceptors (Lipinski definition) is 2. The van der Waals surface area contributed by atoms with Gasteiger partial charge in [0.15, 0.2) is 0 Å². The number of nitrogens with one attached hydrogen (secondary N) is 1. The quantitative estimate of drug-likeness (QED) is 0.897. The highest BCUT2D eigenvalue weighted by atomic mass is 19.1. The van der Waals surface area contributed by atoms with Crippen molar-refractivity contribution >= 4 is 0 Å². The molecule has 0 saturated heterocycles. The maximum absolute atomic E-state index is 13.6. The van der Waals surface area contributed by atoms with Gasteiger partial charge in [0.2, 0.25) is 0 Å². The minimum Gasteiger partial charge on any atom is -0.310 e. The van der Waals surface area contributed by atoms with Gasteiger partial charge in [-0.3, -0.25) is 0 Å². The molecule has 0 amide bonds. The molecule has 0 radical (unpaired) electrons. The van der Waals surface area contributed by atoms with E-state index in [1.165, 1.54) is 18.9 Å². The van der Waals surface area contributed by atoms with E-state index < -0.39 is 0 Å². The summed E-state index contributed by atoms with van der Waals surface area (Å²) in [4.78, 5) is 0. The van der Waals surface area contributed by atoms with Crippen LogP contribution in [0.4, 0.5) is 4.39 Å². The van der Waals surface area contributed by atoms with Crippen molar-refractivity contribution in [2.24, 2.45) is 0 Å². The predicted octanol–water partition coefficient (Wildman–Crippen LogP) is 2.57. The van der Waals surface area contributed by atoms with E-state index in [9.17, 15) is 4.39 Å². The second kappa shape index (κ2) is 4.53. The number of halogens is 1. The Balaban J connectivity index is 1.84. The summed E-state index contributed by atoms with van der Waals surface area (Å²) >= 11 is 0. The van der Waals surface area contributed by atoms with Crippen molar-refractivity contribution in [1.29, 1.82) is 0 Å². The summed E-state index contributed by atoms with van der Waals surface area (Å²) in [5, 5.41) is 7.69. The van der Waals surface area contributed by atoms with E-state index in [0.29, 0.717) is 6.04 Å². The molecule has 0 spiro atoms. The van der Waals surface area contributed by atoms with E-state index >= 15 is 0 Å². The lowest BCUT2D eigenvalue weighted by Gasteiger charge is -2.07. The molecule has 18 heavy (non-hydrogen) atoms. The molecule has 1 heterocycles. The van der Waals surface area contributed by atoms with Crippen LogP contribution in [-0.4, -0.2) is 15.8 Å². The van der Waals surface area contributed by atoms with Gasteiger partial charge in [-0.25, -0.2) is 9.07 Å². The van der Waals surface area contributed by atoms with Gasteiger partial charge in [0, 0.05) is 18.8 Å². The minimum absolute atomic E-state index is 0.215. The van der Waals surface area contributed by atoms with Crippen LogP contribution in [0.25, 0.3) is 5.69 Å². The van der Waals surface area contributed by atoms with E-state index in [1.54, 1.807) is 10.7 Å².